The van der Waals surface area contributed by atoms with Gasteiger partial charge in [-0.2, -0.15) is 5.10 Å². The molecule has 6 heteroatoms. The Morgan fingerprint density at radius 2 is 1.78 bits per heavy atom. The van der Waals surface area contributed by atoms with Crippen LogP contribution in [0.15, 0.2) is 66.9 Å². The predicted octanol–water partition coefficient (Wildman–Crippen LogP) is 2.78. The fourth-order valence-corrected chi connectivity index (χ4v) is 2.91. The number of benzene rings is 2. The molecule has 2 amide bonds. The number of nitrogens with zero attached hydrogens (tertiary/aromatic N) is 2. The maximum atomic E-state index is 12.6. The van der Waals surface area contributed by atoms with Crippen LogP contribution in [0.3, 0.4) is 0 Å². The third-order valence-electron chi connectivity index (χ3n) is 4.32. The van der Waals surface area contributed by atoms with Crippen molar-refractivity contribution in [3.8, 4) is 16.9 Å². The van der Waals surface area contributed by atoms with Crippen LogP contribution in [0.2, 0.25) is 0 Å². The second-order valence-electron chi connectivity index (χ2n) is 6.64. The predicted molar refractivity (Wildman–Crippen MR) is 104 cm³/mol. The summed E-state index contributed by atoms with van der Waals surface area (Å²) in [5.74, 6) is -0.985. The van der Waals surface area contributed by atoms with Crippen molar-refractivity contribution in [2.45, 2.75) is 19.9 Å². The van der Waals surface area contributed by atoms with Crippen molar-refractivity contribution in [2.24, 2.45) is 11.7 Å². The molecule has 1 atom stereocenters. The summed E-state index contributed by atoms with van der Waals surface area (Å²) in [5.41, 5.74) is 8.53. The first-order valence-electron chi connectivity index (χ1n) is 8.77. The van der Waals surface area contributed by atoms with Crippen LogP contribution in [0.5, 0.6) is 0 Å². The molecule has 0 fully saturated rings. The number of carbonyl (C=O) groups excluding carboxylic acids is 2. The van der Waals surface area contributed by atoms with Gasteiger partial charge < -0.3 is 11.1 Å². The number of amides is 2. The van der Waals surface area contributed by atoms with Gasteiger partial charge in [-0.3, -0.25) is 9.59 Å². The van der Waals surface area contributed by atoms with Crippen LogP contribution < -0.4 is 11.1 Å². The smallest absolute Gasteiger partial charge is 0.252 e. The van der Waals surface area contributed by atoms with Gasteiger partial charge in [0.1, 0.15) is 6.04 Å². The van der Waals surface area contributed by atoms with E-state index in [0.717, 1.165) is 16.9 Å². The average molecular weight is 362 g/mol. The second kappa shape index (κ2) is 7.86. The van der Waals surface area contributed by atoms with Gasteiger partial charge in [0.25, 0.3) is 5.91 Å². The molecule has 2 aromatic carbocycles. The number of hydrogen-bond acceptors (Lipinski definition) is 3. The summed E-state index contributed by atoms with van der Waals surface area (Å²) in [6.45, 7) is 3.67. The SMILES string of the molecule is CC(C)C(NC(=O)c1cccc(-n2nccc2-c2ccccc2)c1)C(N)=O. The molecule has 0 saturated carbocycles. The molecule has 6 nitrogen and oxygen atoms in total. The standard InChI is InChI=1S/C21H22N4O2/c1-14(2)19(20(22)26)24-21(27)16-9-6-10-17(13-16)25-18(11-12-23-25)15-7-4-3-5-8-15/h3-14,19H,1-2H3,(H2,22,26)(H,24,27). The minimum absolute atomic E-state index is 0.0922. The van der Waals surface area contributed by atoms with Crippen LogP contribution in [0.25, 0.3) is 16.9 Å². The Hall–Kier alpha value is -3.41. The van der Waals surface area contributed by atoms with Gasteiger partial charge in [-0.05, 0) is 30.2 Å². The first-order chi connectivity index (χ1) is 13.0. The topological polar surface area (TPSA) is 90.0 Å². The van der Waals surface area contributed by atoms with Crippen molar-refractivity contribution in [3.05, 3.63) is 72.4 Å². The summed E-state index contributed by atoms with van der Waals surface area (Å²) in [4.78, 5) is 24.1. The monoisotopic (exact) mass is 362 g/mol. The lowest BCUT2D eigenvalue weighted by Crippen LogP contribution is -2.47. The summed E-state index contributed by atoms with van der Waals surface area (Å²) in [6.07, 6.45) is 1.72. The molecule has 138 valence electrons. The zero-order valence-corrected chi connectivity index (χ0v) is 15.3. The van der Waals surface area contributed by atoms with E-state index in [0.29, 0.717) is 5.56 Å². The maximum Gasteiger partial charge on any atom is 0.252 e. The fraction of sp³-hybridized carbons (Fsp3) is 0.190. The number of primary amides is 1. The molecule has 27 heavy (non-hydrogen) atoms. The molecule has 3 N–H and O–H groups in total. The Balaban J connectivity index is 1.90. The number of aromatic nitrogens is 2. The lowest BCUT2D eigenvalue weighted by molar-refractivity contribution is -0.120. The van der Waals surface area contributed by atoms with E-state index in [1.54, 1.807) is 29.1 Å². The molecule has 0 saturated heterocycles. The van der Waals surface area contributed by atoms with Gasteiger partial charge in [-0.1, -0.05) is 50.2 Å². The molecule has 0 aliphatic carbocycles. The van der Waals surface area contributed by atoms with Gasteiger partial charge in [0.15, 0.2) is 0 Å². The number of hydrogen-bond donors (Lipinski definition) is 2. The van der Waals surface area contributed by atoms with Crippen molar-refractivity contribution in [1.82, 2.24) is 15.1 Å². The lowest BCUT2D eigenvalue weighted by Gasteiger charge is -2.19. The molecule has 0 spiro atoms. The number of nitrogens with two attached hydrogens (primary N) is 1. The van der Waals surface area contributed by atoms with Crippen molar-refractivity contribution < 1.29 is 9.59 Å². The van der Waals surface area contributed by atoms with Gasteiger partial charge in [0, 0.05) is 11.1 Å². The van der Waals surface area contributed by atoms with E-state index in [2.05, 4.69) is 10.4 Å². The summed E-state index contributed by atoms with van der Waals surface area (Å²) in [7, 11) is 0. The summed E-state index contributed by atoms with van der Waals surface area (Å²) >= 11 is 0. The van der Waals surface area contributed by atoms with Gasteiger partial charge in [0.2, 0.25) is 5.91 Å². The lowest BCUT2D eigenvalue weighted by atomic mass is 10.0. The summed E-state index contributed by atoms with van der Waals surface area (Å²) < 4.78 is 1.78. The molecular formula is C21H22N4O2. The van der Waals surface area contributed by atoms with Crippen molar-refractivity contribution in [1.29, 1.82) is 0 Å². The summed E-state index contributed by atoms with van der Waals surface area (Å²) in [6, 6.07) is 18.2. The minimum atomic E-state index is -0.717. The van der Waals surface area contributed by atoms with E-state index >= 15 is 0 Å². The largest absolute Gasteiger partial charge is 0.368 e. The highest BCUT2D eigenvalue weighted by Gasteiger charge is 2.22. The van der Waals surface area contributed by atoms with E-state index < -0.39 is 11.9 Å². The quantitative estimate of drug-likeness (QED) is 0.706. The van der Waals surface area contributed by atoms with E-state index in [1.165, 1.54) is 0 Å². The Labute approximate surface area is 158 Å². The first kappa shape index (κ1) is 18.4. The molecule has 1 unspecified atom stereocenters. The van der Waals surface area contributed by atoms with Crippen LogP contribution >= 0.6 is 0 Å². The highest BCUT2D eigenvalue weighted by Crippen LogP contribution is 2.22. The molecule has 0 bridgehead atoms. The second-order valence-corrected chi connectivity index (χ2v) is 6.64. The van der Waals surface area contributed by atoms with Crippen LogP contribution in [0.4, 0.5) is 0 Å². The molecule has 3 aromatic rings. The Kier molecular flexibility index (Phi) is 5.35. The number of nitrogens with one attached hydrogen (secondary N) is 1. The zero-order valence-electron chi connectivity index (χ0n) is 15.3. The Morgan fingerprint density at radius 3 is 2.44 bits per heavy atom. The molecule has 0 aliphatic rings. The highest BCUT2D eigenvalue weighted by molar-refractivity contribution is 5.97. The normalized spacial score (nSPS) is 12.0. The third kappa shape index (κ3) is 4.06. The Bertz CT molecular complexity index is 948. The van der Waals surface area contributed by atoms with Crippen molar-refractivity contribution in [2.75, 3.05) is 0 Å². The molecule has 0 radical (unpaired) electrons. The molecular weight excluding hydrogens is 340 g/mol. The minimum Gasteiger partial charge on any atom is -0.368 e. The van der Waals surface area contributed by atoms with Crippen LogP contribution in [-0.4, -0.2) is 27.6 Å². The third-order valence-corrected chi connectivity index (χ3v) is 4.32. The Morgan fingerprint density at radius 1 is 1.04 bits per heavy atom. The molecule has 1 aromatic heterocycles. The van der Waals surface area contributed by atoms with Gasteiger partial charge in [-0.15, -0.1) is 0 Å². The van der Waals surface area contributed by atoms with Gasteiger partial charge in [0.05, 0.1) is 17.6 Å². The maximum absolute atomic E-state index is 12.6. The average Bonchev–Trinajstić information content (AvgIpc) is 3.16. The number of carbonyl (C=O) groups is 2. The van der Waals surface area contributed by atoms with Crippen LogP contribution in [0, 0.1) is 5.92 Å². The first-order valence-corrected chi connectivity index (χ1v) is 8.77. The van der Waals surface area contributed by atoms with E-state index in [4.69, 9.17) is 5.73 Å². The van der Waals surface area contributed by atoms with Gasteiger partial charge >= 0.3 is 0 Å². The van der Waals surface area contributed by atoms with E-state index in [-0.39, 0.29) is 11.8 Å². The van der Waals surface area contributed by atoms with Crippen molar-refractivity contribution >= 4 is 11.8 Å². The van der Waals surface area contributed by atoms with E-state index in [1.807, 2.05) is 56.3 Å². The van der Waals surface area contributed by atoms with Crippen LogP contribution in [0.1, 0.15) is 24.2 Å². The molecule has 1 heterocycles. The zero-order chi connectivity index (χ0) is 19.4. The van der Waals surface area contributed by atoms with Gasteiger partial charge in [-0.25, -0.2) is 4.68 Å². The van der Waals surface area contributed by atoms with E-state index in [9.17, 15) is 9.59 Å². The summed E-state index contributed by atoms with van der Waals surface area (Å²) in [5, 5.41) is 7.10. The molecule has 0 aliphatic heterocycles. The van der Waals surface area contributed by atoms with Crippen molar-refractivity contribution in [3.63, 3.8) is 0 Å². The highest BCUT2D eigenvalue weighted by atomic mass is 16.2. The molecule has 3 rings (SSSR count). The fourth-order valence-electron chi connectivity index (χ4n) is 2.91. The van der Waals surface area contributed by atoms with Crippen LogP contribution in [-0.2, 0) is 4.79 Å². The number of rotatable bonds is 6.